The third kappa shape index (κ3) is 2.45. The molecule has 1 rings (SSSR count). The van der Waals surface area contributed by atoms with Crippen LogP contribution >= 0.6 is 11.6 Å². The number of hydrogen-bond acceptors (Lipinski definition) is 2. The van der Waals surface area contributed by atoms with Gasteiger partial charge in [-0.15, -0.1) is 0 Å². The first-order chi connectivity index (χ1) is 5.91. The lowest BCUT2D eigenvalue weighted by molar-refractivity contribution is 0.0536. The number of hydrogen-bond donors (Lipinski definition) is 0. The summed E-state index contributed by atoms with van der Waals surface area (Å²) in [6, 6.07) is 2.73. The van der Waals surface area contributed by atoms with Crippen molar-refractivity contribution in [3.63, 3.8) is 0 Å². The predicted octanol–water partition coefficient (Wildman–Crippen LogP) is 2.40. The molecule has 13 heavy (non-hydrogen) atoms. The molecule has 0 aliphatic heterocycles. The number of pyridine rings is 1. The van der Waals surface area contributed by atoms with Gasteiger partial charge < -0.3 is 0 Å². The van der Waals surface area contributed by atoms with Crippen molar-refractivity contribution in [2.75, 3.05) is 0 Å². The molecule has 5 heteroatoms. The van der Waals surface area contributed by atoms with Crippen LogP contribution in [0, 0.1) is 6.92 Å². The van der Waals surface area contributed by atoms with E-state index in [4.69, 9.17) is 0 Å². The van der Waals surface area contributed by atoms with Gasteiger partial charge in [-0.2, -0.15) is 8.78 Å². The zero-order valence-corrected chi connectivity index (χ0v) is 7.48. The summed E-state index contributed by atoms with van der Waals surface area (Å²) in [5.74, 6) is -1.43. The van der Waals surface area contributed by atoms with Crippen molar-refractivity contribution in [2.24, 2.45) is 0 Å². The van der Waals surface area contributed by atoms with Crippen LogP contribution in [0.1, 0.15) is 16.1 Å². The third-order valence-corrected chi connectivity index (χ3v) is 1.60. The molecule has 0 saturated carbocycles. The van der Waals surface area contributed by atoms with Gasteiger partial charge >= 0.3 is 5.38 Å². The lowest BCUT2D eigenvalue weighted by atomic mass is 10.2. The molecule has 0 amide bonds. The SMILES string of the molecule is Cc1ccc(C(=O)C(F)(F)Cl)cn1. The van der Waals surface area contributed by atoms with Crippen molar-refractivity contribution in [3.05, 3.63) is 29.6 Å². The quantitative estimate of drug-likeness (QED) is 0.548. The molecular formula is C8H6ClF2NO. The lowest BCUT2D eigenvalue weighted by Gasteiger charge is -2.05. The molecule has 0 bridgehead atoms. The van der Waals surface area contributed by atoms with Crippen molar-refractivity contribution in [3.8, 4) is 0 Å². The standard InChI is InChI=1S/C8H6ClF2NO/c1-5-2-3-6(4-12-5)7(13)8(9,10)11/h2-4H,1H3. The maximum absolute atomic E-state index is 12.3. The van der Waals surface area contributed by atoms with E-state index >= 15 is 0 Å². The highest BCUT2D eigenvalue weighted by Crippen LogP contribution is 2.23. The number of aromatic nitrogens is 1. The number of alkyl halides is 3. The van der Waals surface area contributed by atoms with E-state index in [-0.39, 0.29) is 5.56 Å². The zero-order chi connectivity index (χ0) is 10.1. The van der Waals surface area contributed by atoms with E-state index in [9.17, 15) is 13.6 Å². The maximum Gasteiger partial charge on any atom is 0.384 e. The number of halogens is 3. The fraction of sp³-hybridized carbons (Fsp3) is 0.250. The minimum atomic E-state index is -3.85. The number of carbonyl (C=O) groups excluding carboxylic acids is 1. The maximum atomic E-state index is 12.3. The van der Waals surface area contributed by atoms with Gasteiger partial charge in [0.1, 0.15) is 0 Å². The molecule has 0 N–H and O–H groups in total. The first kappa shape index (κ1) is 10.1. The van der Waals surface area contributed by atoms with Gasteiger partial charge in [0.2, 0.25) is 5.78 Å². The largest absolute Gasteiger partial charge is 0.384 e. The highest BCUT2D eigenvalue weighted by Gasteiger charge is 2.36. The summed E-state index contributed by atoms with van der Waals surface area (Å²) in [4.78, 5) is 14.6. The summed E-state index contributed by atoms with van der Waals surface area (Å²) in [5.41, 5.74) is 0.458. The van der Waals surface area contributed by atoms with Crippen LogP contribution in [0.5, 0.6) is 0 Å². The first-order valence-electron chi connectivity index (χ1n) is 3.45. The van der Waals surface area contributed by atoms with Crippen molar-refractivity contribution in [1.82, 2.24) is 4.98 Å². The molecule has 0 unspecified atom stereocenters. The molecule has 0 saturated heterocycles. The summed E-state index contributed by atoms with van der Waals surface area (Å²) in [5, 5.41) is -3.85. The second-order valence-electron chi connectivity index (χ2n) is 2.52. The normalized spacial score (nSPS) is 11.4. The molecule has 0 aromatic carbocycles. The van der Waals surface area contributed by atoms with Crippen LogP contribution in [-0.2, 0) is 0 Å². The second-order valence-corrected chi connectivity index (χ2v) is 2.99. The van der Waals surface area contributed by atoms with Crippen LogP contribution in [0.3, 0.4) is 0 Å². The van der Waals surface area contributed by atoms with Gasteiger partial charge in [-0.3, -0.25) is 9.78 Å². The van der Waals surface area contributed by atoms with E-state index in [1.165, 1.54) is 12.1 Å². The molecule has 0 spiro atoms. The van der Waals surface area contributed by atoms with Crippen LogP contribution in [0.2, 0.25) is 0 Å². The Hall–Kier alpha value is -1.03. The number of aryl methyl sites for hydroxylation is 1. The molecule has 0 aliphatic carbocycles. The highest BCUT2D eigenvalue weighted by molar-refractivity contribution is 6.35. The monoisotopic (exact) mass is 205 g/mol. The van der Waals surface area contributed by atoms with E-state index < -0.39 is 11.2 Å². The van der Waals surface area contributed by atoms with E-state index in [1.54, 1.807) is 6.92 Å². The third-order valence-electron chi connectivity index (χ3n) is 1.43. The highest BCUT2D eigenvalue weighted by atomic mass is 35.5. The van der Waals surface area contributed by atoms with E-state index in [0.717, 1.165) is 6.20 Å². The number of nitrogens with zero attached hydrogens (tertiary/aromatic N) is 1. The van der Waals surface area contributed by atoms with Gasteiger partial charge in [-0.25, -0.2) is 0 Å². The lowest BCUT2D eigenvalue weighted by Crippen LogP contribution is -2.21. The second kappa shape index (κ2) is 3.38. The fourth-order valence-electron chi connectivity index (χ4n) is 0.766. The van der Waals surface area contributed by atoms with Crippen molar-refractivity contribution in [1.29, 1.82) is 0 Å². The molecule has 70 valence electrons. The van der Waals surface area contributed by atoms with Gasteiger partial charge in [0.25, 0.3) is 0 Å². The number of Topliss-reactive ketones (excluding diaryl/α,β-unsaturated/α-hetero) is 1. The fourth-order valence-corrected chi connectivity index (χ4v) is 0.875. The molecule has 0 aliphatic rings. The average molecular weight is 206 g/mol. The molecule has 0 fully saturated rings. The van der Waals surface area contributed by atoms with Gasteiger partial charge in [0, 0.05) is 17.5 Å². The average Bonchev–Trinajstić information content (AvgIpc) is 2.03. The van der Waals surface area contributed by atoms with Gasteiger partial charge in [0.05, 0.1) is 0 Å². The van der Waals surface area contributed by atoms with Crippen LogP contribution in [0.25, 0.3) is 0 Å². The number of rotatable bonds is 2. The molecule has 0 radical (unpaired) electrons. The van der Waals surface area contributed by atoms with Gasteiger partial charge in [0.15, 0.2) is 0 Å². The Balaban J connectivity index is 2.97. The predicted molar refractivity (Wildman–Crippen MR) is 44.1 cm³/mol. The van der Waals surface area contributed by atoms with Crippen LogP contribution in [-0.4, -0.2) is 16.1 Å². The van der Waals surface area contributed by atoms with E-state index in [1.807, 2.05) is 0 Å². The molecule has 1 aromatic rings. The molecule has 1 heterocycles. The summed E-state index contributed by atoms with van der Waals surface area (Å²) < 4.78 is 24.6. The summed E-state index contributed by atoms with van der Waals surface area (Å²) in [7, 11) is 0. The Morgan fingerprint density at radius 3 is 2.54 bits per heavy atom. The number of ketones is 1. The molecular weight excluding hydrogens is 200 g/mol. The zero-order valence-electron chi connectivity index (χ0n) is 6.72. The van der Waals surface area contributed by atoms with Crippen molar-refractivity contribution < 1.29 is 13.6 Å². The van der Waals surface area contributed by atoms with E-state index in [2.05, 4.69) is 16.6 Å². The van der Waals surface area contributed by atoms with Gasteiger partial charge in [-0.05, 0) is 30.7 Å². The Kier molecular flexibility index (Phi) is 2.61. The Labute approximate surface area is 78.5 Å². The minimum Gasteiger partial charge on any atom is -0.286 e. The first-order valence-corrected chi connectivity index (χ1v) is 3.83. The van der Waals surface area contributed by atoms with Crippen molar-refractivity contribution in [2.45, 2.75) is 12.3 Å². The van der Waals surface area contributed by atoms with Crippen LogP contribution in [0.15, 0.2) is 18.3 Å². The summed E-state index contributed by atoms with van der Waals surface area (Å²) >= 11 is 4.55. The number of carbonyl (C=O) groups is 1. The minimum absolute atomic E-state index is 0.189. The Morgan fingerprint density at radius 1 is 1.54 bits per heavy atom. The van der Waals surface area contributed by atoms with Crippen molar-refractivity contribution >= 4 is 17.4 Å². The Bertz CT molecular complexity index is 318. The Morgan fingerprint density at radius 2 is 2.15 bits per heavy atom. The molecule has 2 nitrogen and oxygen atoms in total. The smallest absolute Gasteiger partial charge is 0.286 e. The topological polar surface area (TPSA) is 30.0 Å². The summed E-state index contributed by atoms with van der Waals surface area (Å²) in [6.45, 7) is 1.69. The molecule has 1 aromatic heterocycles. The molecule has 0 atom stereocenters. The van der Waals surface area contributed by atoms with Gasteiger partial charge in [-0.1, -0.05) is 0 Å². The van der Waals surface area contributed by atoms with Crippen LogP contribution < -0.4 is 0 Å². The van der Waals surface area contributed by atoms with E-state index in [0.29, 0.717) is 5.69 Å². The summed E-state index contributed by atoms with van der Waals surface area (Å²) in [6.07, 6.45) is 1.08. The van der Waals surface area contributed by atoms with Crippen LogP contribution in [0.4, 0.5) is 8.78 Å².